The van der Waals surface area contributed by atoms with E-state index in [0.717, 1.165) is 18.6 Å². The highest BCUT2D eigenvalue weighted by molar-refractivity contribution is 7.91. The minimum atomic E-state index is -2.95. The molecule has 1 atom stereocenters. The van der Waals surface area contributed by atoms with Gasteiger partial charge >= 0.3 is 0 Å². The Kier molecular flexibility index (Phi) is 3.97. The van der Waals surface area contributed by atoms with Crippen LogP contribution in [0.15, 0.2) is 18.2 Å². The predicted molar refractivity (Wildman–Crippen MR) is 64.9 cm³/mol. The average Bonchev–Trinajstić information content (AvgIpc) is 2.29. The summed E-state index contributed by atoms with van der Waals surface area (Å²) in [5.74, 6) is -1.39. The molecule has 1 aromatic rings. The Morgan fingerprint density at radius 1 is 1.28 bits per heavy atom. The number of sulfone groups is 1. The van der Waals surface area contributed by atoms with Crippen LogP contribution >= 0.6 is 0 Å². The molecule has 100 valence electrons. The summed E-state index contributed by atoms with van der Waals surface area (Å²) in [6.45, 7) is 0.345. The lowest BCUT2D eigenvalue weighted by Crippen LogP contribution is -2.39. The van der Waals surface area contributed by atoms with Crippen LogP contribution in [0.3, 0.4) is 0 Å². The largest absolute Gasteiger partial charge is 0.309 e. The Labute approximate surface area is 105 Å². The second-order valence-electron chi connectivity index (χ2n) is 4.58. The zero-order valence-electron chi connectivity index (χ0n) is 9.83. The van der Waals surface area contributed by atoms with E-state index in [1.165, 1.54) is 6.07 Å². The van der Waals surface area contributed by atoms with Crippen molar-refractivity contribution in [2.45, 2.75) is 25.4 Å². The van der Waals surface area contributed by atoms with E-state index in [0.29, 0.717) is 18.5 Å². The molecule has 6 heteroatoms. The molecule has 1 aromatic carbocycles. The third kappa shape index (κ3) is 3.49. The van der Waals surface area contributed by atoms with E-state index in [1.807, 2.05) is 0 Å². The molecule has 0 aliphatic carbocycles. The number of hydrogen-bond acceptors (Lipinski definition) is 3. The first-order valence-electron chi connectivity index (χ1n) is 5.84. The van der Waals surface area contributed by atoms with Crippen molar-refractivity contribution in [3.63, 3.8) is 0 Å². The van der Waals surface area contributed by atoms with Crippen LogP contribution in [0.5, 0.6) is 0 Å². The number of hydrogen-bond donors (Lipinski definition) is 1. The van der Waals surface area contributed by atoms with Gasteiger partial charge in [-0.2, -0.15) is 0 Å². The van der Waals surface area contributed by atoms with E-state index in [-0.39, 0.29) is 17.5 Å². The number of rotatable bonds is 3. The van der Waals surface area contributed by atoms with Gasteiger partial charge in [0.05, 0.1) is 11.5 Å². The lowest BCUT2D eigenvalue weighted by Gasteiger charge is -2.23. The second kappa shape index (κ2) is 5.32. The van der Waals surface area contributed by atoms with Crippen molar-refractivity contribution in [1.82, 2.24) is 5.32 Å². The van der Waals surface area contributed by atoms with Crippen molar-refractivity contribution in [2.75, 3.05) is 11.5 Å². The van der Waals surface area contributed by atoms with Crippen LogP contribution in [0, 0.1) is 11.6 Å². The molecule has 0 bridgehead atoms. The highest BCUT2D eigenvalue weighted by atomic mass is 32.2. The van der Waals surface area contributed by atoms with Gasteiger partial charge in [0.2, 0.25) is 0 Å². The van der Waals surface area contributed by atoms with Gasteiger partial charge in [-0.1, -0.05) is 6.07 Å². The van der Waals surface area contributed by atoms with Gasteiger partial charge in [0.1, 0.15) is 0 Å². The summed E-state index contributed by atoms with van der Waals surface area (Å²) < 4.78 is 48.5. The third-order valence-corrected chi connectivity index (χ3v) is 4.86. The van der Waals surface area contributed by atoms with Crippen LogP contribution in [0.1, 0.15) is 18.4 Å². The maximum atomic E-state index is 13.0. The fourth-order valence-electron chi connectivity index (χ4n) is 2.10. The zero-order valence-corrected chi connectivity index (χ0v) is 10.6. The second-order valence-corrected chi connectivity index (χ2v) is 6.81. The molecule has 1 fully saturated rings. The van der Waals surface area contributed by atoms with Crippen molar-refractivity contribution in [1.29, 1.82) is 0 Å². The molecule has 0 saturated carbocycles. The van der Waals surface area contributed by atoms with Crippen LogP contribution in [0.4, 0.5) is 8.78 Å². The highest BCUT2D eigenvalue weighted by Gasteiger charge is 2.24. The Morgan fingerprint density at radius 2 is 2.06 bits per heavy atom. The van der Waals surface area contributed by atoms with Crippen LogP contribution in [-0.4, -0.2) is 26.0 Å². The van der Waals surface area contributed by atoms with Gasteiger partial charge in [0, 0.05) is 12.6 Å². The van der Waals surface area contributed by atoms with Crippen LogP contribution < -0.4 is 5.32 Å². The van der Waals surface area contributed by atoms with Crippen molar-refractivity contribution in [2.24, 2.45) is 0 Å². The fourth-order valence-corrected chi connectivity index (χ4v) is 3.77. The summed E-state index contributed by atoms with van der Waals surface area (Å²) in [6.07, 6.45) is 1.45. The Bertz CT molecular complexity index is 531. The summed E-state index contributed by atoms with van der Waals surface area (Å²) in [5, 5.41) is 3.07. The molecule has 1 aliphatic rings. The molecule has 18 heavy (non-hydrogen) atoms. The monoisotopic (exact) mass is 275 g/mol. The zero-order chi connectivity index (χ0) is 13.2. The quantitative estimate of drug-likeness (QED) is 0.912. The molecule has 1 heterocycles. The number of benzene rings is 1. The van der Waals surface area contributed by atoms with Crippen LogP contribution in [0.2, 0.25) is 0 Å². The van der Waals surface area contributed by atoms with Crippen LogP contribution in [-0.2, 0) is 16.4 Å². The summed E-state index contributed by atoms with van der Waals surface area (Å²) in [6, 6.07) is 3.59. The first-order chi connectivity index (χ1) is 8.46. The molecule has 0 radical (unpaired) electrons. The van der Waals surface area contributed by atoms with Gasteiger partial charge in [0.15, 0.2) is 21.5 Å². The molecule has 0 amide bonds. The molecular weight excluding hydrogens is 260 g/mol. The molecule has 0 aromatic heterocycles. The fraction of sp³-hybridized carbons (Fsp3) is 0.500. The molecule has 3 nitrogen and oxygen atoms in total. The number of halogens is 2. The minimum absolute atomic E-state index is 0.100. The first-order valence-corrected chi connectivity index (χ1v) is 7.66. The lowest BCUT2D eigenvalue weighted by molar-refractivity contribution is 0.476. The van der Waals surface area contributed by atoms with E-state index in [9.17, 15) is 17.2 Å². The Hall–Kier alpha value is -1.01. The molecule has 2 rings (SSSR count). The number of nitrogens with one attached hydrogen (secondary N) is 1. The maximum absolute atomic E-state index is 13.0. The SMILES string of the molecule is O=S1(=O)CCCC(NCc2ccc(F)c(F)c2)C1. The molecule has 1 aliphatic heterocycles. The van der Waals surface area contributed by atoms with Gasteiger partial charge in [-0.25, -0.2) is 17.2 Å². The maximum Gasteiger partial charge on any atom is 0.159 e. The molecular formula is C12H15F2NO2S. The topological polar surface area (TPSA) is 46.2 Å². The van der Waals surface area contributed by atoms with E-state index in [1.54, 1.807) is 0 Å². The van der Waals surface area contributed by atoms with Gasteiger partial charge < -0.3 is 5.32 Å². The lowest BCUT2D eigenvalue weighted by atomic mass is 10.1. The first kappa shape index (κ1) is 13.4. The molecule has 0 spiro atoms. The third-order valence-electron chi connectivity index (χ3n) is 3.04. The Morgan fingerprint density at radius 3 is 2.72 bits per heavy atom. The summed E-state index contributed by atoms with van der Waals surface area (Å²) >= 11 is 0. The average molecular weight is 275 g/mol. The minimum Gasteiger partial charge on any atom is -0.309 e. The molecule has 1 saturated heterocycles. The summed E-state index contributed by atoms with van der Waals surface area (Å²) in [5.41, 5.74) is 0.608. The normalized spacial score (nSPS) is 22.9. The van der Waals surface area contributed by atoms with Gasteiger partial charge in [-0.15, -0.1) is 0 Å². The highest BCUT2D eigenvalue weighted by Crippen LogP contribution is 2.13. The Balaban J connectivity index is 1.93. The summed E-state index contributed by atoms with van der Waals surface area (Å²) in [7, 11) is -2.95. The standard InChI is InChI=1S/C12H15F2NO2S/c13-11-4-3-9(6-12(11)14)7-15-10-2-1-5-18(16,17)8-10/h3-4,6,10,15H,1-2,5,7-8H2. The van der Waals surface area contributed by atoms with Gasteiger partial charge in [-0.05, 0) is 30.5 Å². The van der Waals surface area contributed by atoms with Crippen molar-refractivity contribution in [3.05, 3.63) is 35.4 Å². The molecule has 1 N–H and O–H groups in total. The molecule has 1 unspecified atom stereocenters. The van der Waals surface area contributed by atoms with Gasteiger partial charge in [0.25, 0.3) is 0 Å². The summed E-state index contributed by atoms with van der Waals surface area (Å²) in [4.78, 5) is 0. The van der Waals surface area contributed by atoms with Crippen molar-refractivity contribution in [3.8, 4) is 0 Å². The predicted octanol–water partition coefficient (Wildman–Crippen LogP) is 1.63. The van der Waals surface area contributed by atoms with E-state index in [2.05, 4.69) is 5.32 Å². The van der Waals surface area contributed by atoms with E-state index >= 15 is 0 Å². The van der Waals surface area contributed by atoms with E-state index in [4.69, 9.17) is 0 Å². The van der Waals surface area contributed by atoms with Gasteiger partial charge in [-0.3, -0.25) is 0 Å². The smallest absolute Gasteiger partial charge is 0.159 e. The van der Waals surface area contributed by atoms with Crippen molar-refractivity contribution >= 4 is 9.84 Å². The van der Waals surface area contributed by atoms with Crippen molar-refractivity contribution < 1.29 is 17.2 Å². The van der Waals surface area contributed by atoms with Crippen LogP contribution in [0.25, 0.3) is 0 Å². The van der Waals surface area contributed by atoms with E-state index < -0.39 is 21.5 Å².